The Hall–Kier alpha value is -1.44. The molecule has 0 heterocycles. The van der Waals surface area contributed by atoms with E-state index in [1.165, 1.54) is 24.3 Å². The lowest BCUT2D eigenvalue weighted by Crippen LogP contribution is -1.98. The quantitative estimate of drug-likeness (QED) is 0.513. The number of rotatable bonds is 3. The molecule has 0 saturated heterocycles. The van der Waals surface area contributed by atoms with Crippen molar-refractivity contribution in [3.05, 3.63) is 47.8 Å². The summed E-state index contributed by atoms with van der Waals surface area (Å²) < 4.78 is 12.5. The summed E-state index contributed by atoms with van der Waals surface area (Å²) in [5.74, 6) is -0.348. The smallest absolute Gasteiger partial charge is 0.166 e. The van der Waals surface area contributed by atoms with E-state index >= 15 is 0 Å². The molecule has 0 N–H and O–H groups in total. The second-order valence-electron chi connectivity index (χ2n) is 3.06. The van der Waals surface area contributed by atoms with Crippen molar-refractivity contribution in [2.45, 2.75) is 13.3 Å². The van der Waals surface area contributed by atoms with Crippen LogP contribution in [0.4, 0.5) is 4.39 Å². The zero-order valence-electron chi connectivity index (χ0n) is 7.51. The minimum atomic E-state index is -0.327. The maximum Gasteiger partial charge on any atom is 0.166 e. The van der Waals surface area contributed by atoms with Gasteiger partial charge in [-0.3, -0.25) is 4.79 Å². The number of carbonyl (C=O) groups is 1. The number of hydrogen-bond acceptors (Lipinski definition) is 1. The minimum absolute atomic E-state index is 0.0208. The van der Waals surface area contributed by atoms with Crippen molar-refractivity contribution in [2.75, 3.05) is 0 Å². The summed E-state index contributed by atoms with van der Waals surface area (Å²) in [6.45, 7) is 5.44. The number of halogens is 1. The number of allylic oxidation sites excluding steroid dienone is 1. The highest BCUT2D eigenvalue weighted by Gasteiger charge is 2.04. The number of carbonyl (C=O) groups excluding carboxylic acids is 1. The Balaban J connectivity index is 2.78. The average Bonchev–Trinajstić information content (AvgIpc) is 2.04. The summed E-state index contributed by atoms with van der Waals surface area (Å²) in [5.41, 5.74) is 1.35. The molecular formula is C11H11FO. The van der Waals surface area contributed by atoms with E-state index in [2.05, 4.69) is 6.58 Å². The monoisotopic (exact) mass is 178 g/mol. The predicted molar refractivity (Wildman–Crippen MR) is 50.2 cm³/mol. The van der Waals surface area contributed by atoms with Crippen molar-refractivity contribution in [2.24, 2.45) is 0 Å². The van der Waals surface area contributed by atoms with Gasteiger partial charge >= 0.3 is 0 Å². The third-order valence-corrected chi connectivity index (χ3v) is 1.63. The van der Waals surface area contributed by atoms with Crippen LogP contribution < -0.4 is 0 Å². The highest BCUT2D eigenvalue weighted by atomic mass is 19.1. The molecule has 1 aromatic carbocycles. The number of ketones is 1. The summed E-state index contributed by atoms with van der Waals surface area (Å²) in [7, 11) is 0. The van der Waals surface area contributed by atoms with E-state index in [-0.39, 0.29) is 11.6 Å². The molecule has 0 saturated carbocycles. The molecule has 0 fully saturated rings. The molecule has 0 unspecified atom stereocenters. The van der Waals surface area contributed by atoms with Gasteiger partial charge in [-0.1, -0.05) is 12.2 Å². The van der Waals surface area contributed by atoms with E-state index in [1.54, 1.807) is 6.92 Å². The maximum absolute atomic E-state index is 12.5. The van der Waals surface area contributed by atoms with Gasteiger partial charge in [-0.05, 0) is 31.2 Å². The standard InChI is InChI=1S/C11H11FO/c1-8(2)7-11(13)9-3-5-10(12)6-4-9/h3-6H,1,7H2,2H3. The normalized spacial score (nSPS) is 9.69. The molecule has 0 aliphatic carbocycles. The average molecular weight is 178 g/mol. The molecule has 0 aliphatic rings. The summed E-state index contributed by atoms with van der Waals surface area (Å²) in [4.78, 5) is 11.4. The van der Waals surface area contributed by atoms with Crippen LogP contribution in [0.2, 0.25) is 0 Å². The van der Waals surface area contributed by atoms with Gasteiger partial charge in [0.15, 0.2) is 5.78 Å². The first kappa shape index (κ1) is 9.65. The van der Waals surface area contributed by atoms with Crippen LogP contribution in [0.15, 0.2) is 36.4 Å². The van der Waals surface area contributed by atoms with Crippen LogP contribution in [0.3, 0.4) is 0 Å². The largest absolute Gasteiger partial charge is 0.294 e. The zero-order valence-corrected chi connectivity index (χ0v) is 7.51. The van der Waals surface area contributed by atoms with Crippen molar-refractivity contribution in [3.63, 3.8) is 0 Å². The Labute approximate surface area is 76.9 Å². The van der Waals surface area contributed by atoms with Gasteiger partial charge in [0.05, 0.1) is 0 Å². The fourth-order valence-corrected chi connectivity index (χ4v) is 1.01. The molecule has 0 spiro atoms. The first-order valence-electron chi connectivity index (χ1n) is 4.03. The molecule has 1 nitrogen and oxygen atoms in total. The van der Waals surface area contributed by atoms with Crippen LogP contribution in [0, 0.1) is 5.82 Å². The zero-order chi connectivity index (χ0) is 9.84. The minimum Gasteiger partial charge on any atom is -0.294 e. The lowest BCUT2D eigenvalue weighted by molar-refractivity contribution is 0.0993. The summed E-state index contributed by atoms with van der Waals surface area (Å²) in [5, 5.41) is 0. The number of hydrogen-bond donors (Lipinski definition) is 0. The van der Waals surface area contributed by atoms with Gasteiger partial charge in [-0.25, -0.2) is 4.39 Å². The molecule has 1 rings (SSSR count). The van der Waals surface area contributed by atoms with Crippen LogP contribution in [-0.2, 0) is 0 Å². The lowest BCUT2D eigenvalue weighted by atomic mass is 10.1. The molecule has 68 valence electrons. The van der Waals surface area contributed by atoms with Gasteiger partial charge in [0, 0.05) is 12.0 Å². The van der Waals surface area contributed by atoms with Crippen molar-refractivity contribution in [1.82, 2.24) is 0 Å². The van der Waals surface area contributed by atoms with Gasteiger partial charge in [0.2, 0.25) is 0 Å². The van der Waals surface area contributed by atoms with Crippen LogP contribution in [0.25, 0.3) is 0 Å². The van der Waals surface area contributed by atoms with Gasteiger partial charge in [-0.2, -0.15) is 0 Å². The Morgan fingerprint density at radius 1 is 1.38 bits per heavy atom. The molecular weight excluding hydrogens is 167 g/mol. The van der Waals surface area contributed by atoms with Crippen molar-refractivity contribution < 1.29 is 9.18 Å². The molecule has 0 aliphatic heterocycles. The molecule has 1 aromatic rings. The second-order valence-corrected chi connectivity index (χ2v) is 3.06. The first-order chi connectivity index (χ1) is 6.09. The fourth-order valence-electron chi connectivity index (χ4n) is 1.01. The number of benzene rings is 1. The Morgan fingerprint density at radius 3 is 2.38 bits per heavy atom. The van der Waals surface area contributed by atoms with Gasteiger partial charge in [0.1, 0.15) is 5.82 Å². The number of Topliss-reactive ketones (excluding diaryl/α,β-unsaturated/α-hetero) is 1. The van der Waals surface area contributed by atoms with Gasteiger partial charge in [0.25, 0.3) is 0 Å². The topological polar surface area (TPSA) is 17.1 Å². The van der Waals surface area contributed by atoms with Crippen LogP contribution in [0.5, 0.6) is 0 Å². The Bertz CT molecular complexity index is 324. The van der Waals surface area contributed by atoms with E-state index in [4.69, 9.17) is 0 Å². The summed E-state index contributed by atoms with van der Waals surface area (Å²) in [6.07, 6.45) is 0.325. The van der Waals surface area contributed by atoms with Gasteiger partial charge in [-0.15, -0.1) is 0 Å². The molecule has 0 amide bonds. The molecule has 0 aromatic heterocycles. The summed E-state index contributed by atoms with van der Waals surface area (Å²) >= 11 is 0. The van der Waals surface area contributed by atoms with E-state index in [0.717, 1.165) is 5.57 Å². The van der Waals surface area contributed by atoms with E-state index < -0.39 is 0 Å². The predicted octanol–water partition coefficient (Wildman–Crippen LogP) is 2.97. The van der Waals surface area contributed by atoms with Gasteiger partial charge < -0.3 is 0 Å². The maximum atomic E-state index is 12.5. The van der Waals surface area contributed by atoms with Crippen LogP contribution in [-0.4, -0.2) is 5.78 Å². The second kappa shape index (κ2) is 3.99. The highest BCUT2D eigenvalue weighted by molar-refractivity contribution is 5.97. The Kier molecular flexibility index (Phi) is 2.96. The van der Waals surface area contributed by atoms with E-state index in [1.807, 2.05) is 0 Å². The highest BCUT2D eigenvalue weighted by Crippen LogP contribution is 2.08. The third kappa shape index (κ3) is 2.82. The molecule has 0 radical (unpaired) electrons. The Morgan fingerprint density at radius 2 is 1.92 bits per heavy atom. The molecule has 13 heavy (non-hydrogen) atoms. The molecule has 0 atom stereocenters. The van der Waals surface area contributed by atoms with Crippen LogP contribution >= 0.6 is 0 Å². The van der Waals surface area contributed by atoms with E-state index in [0.29, 0.717) is 12.0 Å². The molecule has 2 heteroatoms. The van der Waals surface area contributed by atoms with Crippen molar-refractivity contribution in [1.29, 1.82) is 0 Å². The van der Waals surface area contributed by atoms with Crippen molar-refractivity contribution in [3.8, 4) is 0 Å². The SMILES string of the molecule is C=C(C)CC(=O)c1ccc(F)cc1. The van der Waals surface area contributed by atoms with Crippen LogP contribution in [0.1, 0.15) is 23.7 Å². The first-order valence-corrected chi connectivity index (χ1v) is 4.03. The van der Waals surface area contributed by atoms with E-state index in [9.17, 15) is 9.18 Å². The lowest BCUT2D eigenvalue weighted by Gasteiger charge is -1.99. The fraction of sp³-hybridized carbons (Fsp3) is 0.182. The molecule has 0 bridgehead atoms. The third-order valence-electron chi connectivity index (χ3n) is 1.63. The van der Waals surface area contributed by atoms with Crippen molar-refractivity contribution >= 4 is 5.78 Å². The summed E-state index contributed by atoms with van der Waals surface area (Å²) in [6, 6.07) is 5.54.